The van der Waals surface area contributed by atoms with Crippen LogP contribution in [0.25, 0.3) is 0 Å². The molecular formula is C27H24CrN2O7. The molecule has 6 radical (unpaired) electrons. The first-order chi connectivity index (χ1) is 17.7. The fraction of sp³-hybridized carbons (Fsp3) is 0.185. The molecule has 0 unspecified atom stereocenters. The molecule has 4 rings (SSSR count). The van der Waals surface area contributed by atoms with Crippen LogP contribution < -0.4 is 15.4 Å². The topological polar surface area (TPSA) is 140 Å². The van der Waals surface area contributed by atoms with Gasteiger partial charge in [-0.2, -0.15) is 0 Å². The average molecular weight is 540 g/mol. The van der Waals surface area contributed by atoms with E-state index in [0.717, 1.165) is 23.5 Å². The molecule has 2 aromatic rings. The third kappa shape index (κ3) is 9.53. The van der Waals surface area contributed by atoms with Gasteiger partial charge in [-0.05, 0) is 55.2 Å². The smallest absolute Gasteiger partial charge is 0 e. The molecule has 3 N–H and O–H groups in total. The zero-order chi connectivity index (χ0) is 26.9. The molecule has 1 saturated heterocycles. The normalized spacial score (nSPS) is 18.2. The standard InChI is InChI=1S/C24H24N2O4.3CO.Cr/c1-29-18-12-10-17(11-13-18)25-23-20-8-4-5-9-22(20)30-15-21(23)26-24(28)19-7-3-2-6-16(19)14-27;3*1-2;/h2-13,21,23,25,27H,14-15H2,1H3,(H,26,28);;;;/t21-,23-;;;;/m1..../s1. The number of methoxy groups -OCH3 is 1. The fourth-order valence-electron chi connectivity index (χ4n) is 3.66. The first-order valence-corrected chi connectivity index (χ1v) is 10.4. The van der Waals surface area contributed by atoms with E-state index in [1.807, 2.05) is 49.9 Å². The van der Waals surface area contributed by atoms with Crippen LogP contribution in [0.1, 0.15) is 15.9 Å². The molecule has 1 aliphatic heterocycles. The summed E-state index contributed by atoms with van der Waals surface area (Å²) >= 11 is 0. The van der Waals surface area contributed by atoms with Gasteiger partial charge in [0.05, 0.1) is 32.4 Å². The number of aliphatic hydroxyl groups excluding tert-OH is 1. The van der Waals surface area contributed by atoms with Crippen molar-refractivity contribution in [1.29, 1.82) is 0 Å². The number of hydrogen-bond donors (Lipinski definition) is 3. The summed E-state index contributed by atoms with van der Waals surface area (Å²) in [6.45, 7) is 13.6. The van der Waals surface area contributed by atoms with E-state index in [1.165, 1.54) is 0 Å². The molecule has 1 aliphatic carbocycles. The van der Waals surface area contributed by atoms with Crippen molar-refractivity contribution in [3.63, 3.8) is 0 Å². The molecule has 1 amide bonds. The number of ether oxygens (including phenoxy) is 2. The molecule has 0 aromatic heterocycles. The van der Waals surface area contributed by atoms with Gasteiger partial charge in [-0.15, -0.1) is 0 Å². The third-order valence-electron chi connectivity index (χ3n) is 5.24. The molecule has 1 heterocycles. The summed E-state index contributed by atoms with van der Waals surface area (Å²) in [5.74, 6) is 1.51. The second-order valence-electron chi connectivity index (χ2n) is 7.09. The Labute approximate surface area is 228 Å². The third-order valence-corrected chi connectivity index (χ3v) is 5.24. The minimum Gasteiger partial charge on any atom is 0 e. The van der Waals surface area contributed by atoms with Crippen molar-refractivity contribution in [2.75, 3.05) is 19.0 Å². The van der Waals surface area contributed by atoms with Crippen LogP contribution in [0.3, 0.4) is 0 Å². The monoisotopic (exact) mass is 540 g/mol. The number of amides is 1. The van der Waals surface area contributed by atoms with Crippen molar-refractivity contribution < 1.29 is 50.7 Å². The molecule has 2 aliphatic rings. The van der Waals surface area contributed by atoms with Crippen molar-refractivity contribution in [3.05, 3.63) is 117 Å². The van der Waals surface area contributed by atoms with Crippen LogP contribution in [0.15, 0.2) is 48.5 Å². The summed E-state index contributed by atoms with van der Waals surface area (Å²) in [7, 11) is 1.63. The van der Waals surface area contributed by atoms with Crippen LogP contribution in [0.5, 0.6) is 5.75 Å². The summed E-state index contributed by atoms with van der Waals surface area (Å²) < 4.78 is 33.6. The van der Waals surface area contributed by atoms with Crippen LogP contribution in [-0.4, -0.2) is 36.8 Å². The summed E-state index contributed by atoms with van der Waals surface area (Å²) in [5, 5.41) is 16.2. The van der Waals surface area contributed by atoms with Gasteiger partial charge < -0.3 is 25.2 Å². The quantitative estimate of drug-likeness (QED) is 0.382. The minimum atomic E-state index is -0.304. The zero-order valence-corrected chi connectivity index (χ0v) is 21.1. The van der Waals surface area contributed by atoms with Gasteiger partial charge in [0.2, 0.25) is 0 Å². The first kappa shape index (κ1) is 34.2. The number of carbonyl (C=O) groups is 1. The number of fused-ring (bicyclic) bond motifs is 1. The number of rotatable bonds is 6. The maximum atomic E-state index is 13.0. The van der Waals surface area contributed by atoms with E-state index in [2.05, 4.69) is 30.6 Å². The number of aliphatic hydroxyl groups is 1. The largest absolute Gasteiger partial charge is 0 e. The summed E-state index contributed by atoms with van der Waals surface area (Å²) in [6.07, 6.45) is 8.61. The number of hydrogen-bond acceptors (Lipinski definition) is 5. The molecule has 1 saturated carbocycles. The van der Waals surface area contributed by atoms with Gasteiger partial charge in [0.25, 0.3) is 5.91 Å². The molecule has 2 aromatic carbocycles. The van der Waals surface area contributed by atoms with E-state index in [4.69, 9.17) is 23.4 Å². The molecule has 10 heteroatoms. The van der Waals surface area contributed by atoms with Gasteiger partial charge in [-0.3, -0.25) is 4.79 Å². The molecule has 0 spiro atoms. The van der Waals surface area contributed by atoms with E-state index < -0.39 is 0 Å². The molecule has 2 atom stereocenters. The molecule has 0 bridgehead atoms. The summed E-state index contributed by atoms with van der Waals surface area (Å²) in [5.41, 5.74) is 1.96. The SMILES string of the molecule is COc1ccc(N[C@@H]2[C]3[CH][CH][CH][CH][C]3OC[C@H]2NC(=O)c2ccccc2CO)cc1.[C-]#[O+].[C-]#[O+].[C-]#[O+].[Cr]. The number of anilines is 1. The summed E-state index contributed by atoms with van der Waals surface area (Å²) in [4.78, 5) is 13.0. The van der Waals surface area contributed by atoms with Crippen LogP contribution >= 0.6 is 0 Å². The Kier molecular flexibility index (Phi) is 17.8. The summed E-state index contributed by atoms with van der Waals surface area (Å²) in [6, 6.07) is 14.2. The van der Waals surface area contributed by atoms with E-state index in [0.29, 0.717) is 17.7 Å². The van der Waals surface area contributed by atoms with Crippen molar-refractivity contribution in [2.45, 2.75) is 18.7 Å². The zero-order valence-electron chi connectivity index (χ0n) is 19.8. The van der Waals surface area contributed by atoms with Crippen molar-refractivity contribution in [2.24, 2.45) is 0 Å². The minimum absolute atomic E-state index is 0. The fourth-order valence-corrected chi connectivity index (χ4v) is 3.66. The van der Waals surface area contributed by atoms with E-state index in [9.17, 15) is 9.90 Å². The van der Waals surface area contributed by atoms with Crippen LogP contribution in [0.2, 0.25) is 0 Å². The number of carbonyl (C=O) groups excluding carboxylic acids is 1. The molecule has 190 valence electrons. The molecular weight excluding hydrogens is 516 g/mol. The second kappa shape index (κ2) is 19.3. The average Bonchev–Trinajstić information content (AvgIpc) is 2.97. The Bertz CT molecular complexity index is 980. The second-order valence-corrected chi connectivity index (χ2v) is 7.09. The number of nitrogens with one attached hydrogen (secondary N) is 2. The van der Waals surface area contributed by atoms with Crippen molar-refractivity contribution in [3.8, 4) is 5.75 Å². The van der Waals surface area contributed by atoms with Crippen LogP contribution in [0.4, 0.5) is 5.69 Å². The number of benzene rings is 2. The van der Waals surface area contributed by atoms with Gasteiger partial charge in [0, 0.05) is 41.0 Å². The van der Waals surface area contributed by atoms with Gasteiger partial charge >= 0.3 is 33.9 Å². The van der Waals surface area contributed by atoms with Gasteiger partial charge in [0.15, 0.2) is 0 Å². The Balaban J connectivity index is 0.00000173. The molecule has 37 heavy (non-hydrogen) atoms. The van der Waals surface area contributed by atoms with E-state index in [1.54, 1.807) is 31.4 Å². The molecule has 2 fully saturated rings. The molecule has 9 nitrogen and oxygen atoms in total. The van der Waals surface area contributed by atoms with Crippen molar-refractivity contribution >= 4 is 11.6 Å². The Morgan fingerprint density at radius 3 is 2.27 bits per heavy atom. The van der Waals surface area contributed by atoms with Crippen LogP contribution in [-0.2, 0) is 42.7 Å². The van der Waals surface area contributed by atoms with Gasteiger partial charge in [0.1, 0.15) is 11.9 Å². The predicted molar refractivity (Wildman–Crippen MR) is 125 cm³/mol. The Morgan fingerprint density at radius 2 is 1.65 bits per heavy atom. The van der Waals surface area contributed by atoms with E-state index >= 15 is 0 Å². The van der Waals surface area contributed by atoms with Gasteiger partial charge in [-0.25, -0.2) is 0 Å². The van der Waals surface area contributed by atoms with Crippen molar-refractivity contribution in [1.82, 2.24) is 5.32 Å². The predicted octanol–water partition coefficient (Wildman–Crippen LogP) is 2.62. The maximum absolute atomic E-state index is 13.0. The van der Waals surface area contributed by atoms with Crippen LogP contribution in [0, 0.1) is 57.7 Å². The maximum Gasteiger partial charge on any atom is 0 e. The van der Waals surface area contributed by atoms with E-state index in [-0.39, 0.29) is 42.0 Å². The Morgan fingerprint density at radius 1 is 1.03 bits per heavy atom. The Hall–Kier alpha value is -2.82. The van der Waals surface area contributed by atoms with Gasteiger partial charge in [-0.1, -0.05) is 18.2 Å². The first-order valence-electron chi connectivity index (χ1n) is 10.4.